The van der Waals surface area contributed by atoms with Gasteiger partial charge in [0.1, 0.15) is 5.03 Å². The Morgan fingerprint density at radius 2 is 0.308 bits per heavy atom. The maximum atomic E-state index is 4.40. The van der Waals surface area contributed by atoms with Crippen LogP contribution in [0.4, 0.5) is 0 Å². The molecule has 0 amide bonds. The third-order valence-electron chi connectivity index (χ3n) is 2.37. The second-order valence-corrected chi connectivity index (χ2v) is 6.24. The van der Waals surface area contributed by atoms with Crippen LogP contribution in [-0.2, 0) is 6.54 Å². The number of rotatable bonds is 4. The number of halogens is 1. The molecule has 2 nitrogen and oxygen atoms in total. The minimum atomic E-state index is 0.944. The molecule has 0 saturated heterocycles. The van der Waals surface area contributed by atoms with E-state index in [2.05, 4.69) is 64.2 Å². The molecule has 1 heterocycles. The van der Waals surface area contributed by atoms with E-state index in [1.165, 1.54) is 3230 Å². The number of benzene rings is 1. The van der Waals surface area contributed by atoms with Crippen LogP contribution in [0.5, 0.6) is 0 Å². The molecule has 0 atom stereocenters. The first-order chi connectivity index (χ1) is 59.6. The second kappa shape index (κ2) is 630. The SMILES string of the molecule is CN(C)Cc1ccccc1Sc1ccc(Br)cn1.[K][K].[K][K].[K][K].[K][K].[K][K].[K][K].[K][K].[K][K].[K][K].[K][K].[K][K].[K][K].[K][K].[K][K].[K][K].[K][K].[K][K].[K][K].[K][K].[K][K].[K][K].[K][K].[K][K].[K][K].[K][K].[K][K].[K][K].[K][K].[K][K].[K][K].[K][K].[K][K].[K][K].[K][K].[K][K].[K][K].[K][K].[K][K].[K][K].[K][K].[K][K].[K][K].[K][K].[K][K].[K][K].[K][K].[K][K].[K][K].[K][K].[K][K].[K][K]. The summed E-state index contributed by atoms with van der Waals surface area (Å²) in [5, 5.41) is 1.02. The second-order valence-electron chi connectivity index (χ2n) is 4.26. The van der Waals surface area contributed by atoms with Gasteiger partial charge in [0.05, 0.1) is 0 Å². The van der Waals surface area contributed by atoms with Crippen molar-refractivity contribution in [3.63, 3.8) is 0 Å². The van der Waals surface area contributed by atoms with E-state index in [1.807, 2.05) is 18.3 Å². The molecule has 196 valence electrons. The average Bonchev–Trinajstić information content (AvgIpc) is 0.867. The van der Waals surface area contributed by atoms with Crippen LogP contribution in [0.15, 0.2) is 57.0 Å². The Hall–Kier alpha value is 166. The summed E-state index contributed by atoms with van der Waals surface area (Å²) in [6.07, 6.45) is 1.83. The van der Waals surface area contributed by atoms with E-state index in [9.17, 15) is 0 Å². The van der Waals surface area contributed by atoms with E-state index in [-0.39, 0.29) is 0 Å². The fraction of sp³-hybridized carbons (Fsp3) is 0.214. The molecule has 0 radical (unpaired) electrons. The number of aromatic nitrogens is 1. The molecule has 0 N–H and O–H groups in total. The van der Waals surface area contributed by atoms with Crippen LogP contribution in [0.25, 0.3) is 0 Å². The van der Waals surface area contributed by atoms with Crippen LogP contribution in [0.2, 0.25) is 0 Å². The van der Waals surface area contributed by atoms with Gasteiger partial charge in [0, 0.05) is 22.1 Å². The predicted octanol–water partition coefficient (Wildman–Crippen LogP) is -34.8. The summed E-state index contributed by atoms with van der Waals surface area (Å²) in [6, 6.07) is 12.5. The van der Waals surface area contributed by atoms with Crippen molar-refractivity contribution >= 4 is 3250 Å². The van der Waals surface area contributed by atoms with Gasteiger partial charge in [-0.2, -0.15) is 0 Å². The zero-order chi connectivity index (χ0) is 115. The molecule has 120 heavy (non-hydrogen) atoms. The van der Waals surface area contributed by atoms with Gasteiger partial charge in [-0.3, -0.25) is 0 Å². The van der Waals surface area contributed by atoms with Gasteiger partial charge in [0.2, 0.25) is 0 Å². The number of nitrogens with zero attached hydrogens (tertiary/aromatic N) is 2. The van der Waals surface area contributed by atoms with Gasteiger partial charge < -0.3 is 4.90 Å². The molecule has 0 aliphatic carbocycles. The Kier molecular flexibility index (Phi) is 2190. The Labute approximate surface area is 3090 Å². The summed E-state index contributed by atoms with van der Waals surface area (Å²) in [7, 11) is 4.17. The topological polar surface area (TPSA) is 16.1 Å². The average molecular weight is 4310 g/mol. The molecule has 0 unspecified atom stereocenters. The van der Waals surface area contributed by atoms with Crippen LogP contribution in [0.3, 0.4) is 0 Å². The summed E-state index contributed by atoms with van der Waals surface area (Å²) in [5.41, 5.74) is 1.33. The van der Waals surface area contributed by atoms with Crippen molar-refractivity contribution in [1.29, 1.82) is 0 Å². The van der Waals surface area contributed by atoms with Crippen molar-refractivity contribution in [3.8, 4) is 0 Å². The summed E-state index contributed by atoms with van der Waals surface area (Å²) in [5.74, 6) is 0. The molecule has 0 saturated carbocycles. The molecule has 0 spiro atoms. The normalized spacial score (nSPS) is 5.03. The number of hydrogen-bond acceptors (Lipinski definition) is 3. The van der Waals surface area contributed by atoms with E-state index in [0.717, 1.165) is 16.0 Å². The number of hydrogen-bond donors (Lipinski definition) is 0. The van der Waals surface area contributed by atoms with Crippen molar-refractivity contribution in [2.75, 3.05) is 14.1 Å². The number of pyridine rings is 1. The molecule has 2 aromatic rings. The zero-order valence-electron chi connectivity index (χ0n) is 112. The molecule has 0 aliphatic heterocycles. The van der Waals surface area contributed by atoms with Gasteiger partial charge in [0.25, 0.3) is 0 Å². The zero-order valence-corrected chi connectivity index (χ0v) is 433. The van der Waals surface area contributed by atoms with Crippen LogP contribution >= 0.6 is 27.7 Å². The molecule has 2 rings (SSSR count). The Morgan fingerprint density at radius 1 is 0.192 bits per heavy atom. The van der Waals surface area contributed by atoms with E-state index in [1.54, 1.807) is 11.8 Å². The molecule has 0 aliphatic rings. The standard InChI is InChI=1S/C14H15BrN2S.102K/c1-17(2)10-11-5-3-4-6-13(11)18-14-8-7-12(15)9-16-14;;;;;;;;;;;;;;;;;;;;;;;;;;;;;;;;;;;;;;;;;;;;;;;;;;;;;;;;;;;;;;;;;;;;;;;;;;;;;;;;;;;;;;;;;;;;;;;;;;;;;;/h3-9H,10H2,1-2H3;;;;;;;;;;;;;;;;;;;;;;;;;;;;;;;;;;;;;;;;;;;;;;;;;;;;;;;;;;;;;;;;;;;;;;;;;;;;;;;;;;;;;;;;;;;;;;;;;;;;;;. The molecule has 0 fully saturated rings. The molecule has 0 bridgehead atoms. The quantitative estimate of drug-likeness (QED) is 0.284. The molecular formula is C14H15BrK102N2S. The van der Waals surface area contributed by atoms with Gasteiger partial charge in [-0.25, -0.2) is 4.98 Å². The van der Waals surface area contributed by atoms with E-state index in [4.69, 9.17) is 0 Å². The summed E-state index contributed by atoms with van der Waals surface area (Å²) >= 11 is 133. The first kappa shape index (κ1) is 417. The molecular weight excluding hydrogens is 4300 g/mol. The monoisotopic (exact) mass is 4300 g/mol. The van der Waals surface area contributed by atoms with Gasteiger partial charge in [-0.1, -0.05) is 30.0 Å². The van der Waals surface area contributed by atoms with Crippen LogP contribution < -0.4 is 0 Å². The van der Waals surface area contributed by atoms with E-state index in [0.29, 0.717) is 0 Å². The summed E-state index contributed by atoms with van der Waals surface area (Å²) in [6.45, 7) is 0.944. The van der Waals surface area contributed by atoms with Gasteiger partial charge in [-0.05, 0) is 53.8 Å². The Morgan fingerprint density at radius 3 is 0.408 bits per heavy atom. The van der Waals surface area contributed by atoms with Crippen LogP contribution in [-0.4, -0.2) is 3240 Å². The minimum absolute atomic E-state index is 0.944. The van der Waals surface area contributed by atoms with Crippen LogP contribution in [0, 0.1) is 0 Å². The predicted molar refractivity (Wildman–Crippen MR) is 667 cm³/mol. The Balaban J connectivity index is -0.00000000902. The first-order valence-corrected chi connectivity index (χ1v) is 874. The van der Waals surface area contributed by atoms with Crippen molar-refractivity contribution in [1.82, 2.24) is 9.88 Å². The first-order valence-electron chi connectivity index (χ1n) is 56.7. The maximum absolute atomic E-state index is 4.40. The molecule has 106 heteroatoms. The van der Waals surface area contributed by atoms with E-state index < -0.39 is 0 Å². The van der Waals surface area contributed by atoms with Gasteiger partial charge in [-0.15, -0.1) is 0 Å². The van der Waals surface area contributed by atoms with Crippen molar-refractivity contribution in [3.05, 3.63) is 52.6 Å². The van der Waals surface area contributed by atoms with Crippen molar-refractivity contribution in [2.24, 2.45) is 0 Å². The van der Waals surface area contributed by atoms with Crippen LogP contribution in [0.1, 0.15) is 5.56 Å². The third kappa shape index (κ3) is 598. The summed E-state index contributed by atoms with van der Waals surface area (Å²) < 4.78 is 1.01. The third-order valence-corrected chi connectivity index (χ3v) is 3.91. The molecule has 1 aromatic heterocycles. The Bertz CT molecular complexity index is 585. The van der Waals surface area contributed by atoms with Gasteiger partial charge in [0.15, 0.2) is 0 Å². The van der Waals surface area contributed by atoms with Crippen molar-refractivity contribution < 1.29 is 0 Å². The van der Waals surface area contributed by atoms with E-state index >= 15 is 0 Å². The molecule has 1 aromatic carbocycles. The van der Waals surface area contributed by atoms with Gasteiger partial charge >= 0.3 is 3220 Å². The summed E-state index contributed by atoms with van der Waals surface area (Å²) in [4.78, 5) is 7.84. The fourth-order valence-electron chi connectivity index (χ4n) is 1.61. The van der Waals surface area contributed by atoms with Crippen molar-refractivity contribution in [2.45, 2.75) is 16.5 Å². The fourth-order valence-corrected chi connectivity index (χ4v) is 2.72.